The third-order valence-corrected chi connectivity index (χ3v) is 7.07. The van der Waals surface area contributed by atoms with Crippen molar-refractivity contribution in [3.63, 3.8) is 0 Å². The maximum Gasteiger partial charge on any atom is 0.267 e. The van der Waals surface area contributed by atoms with Crippen molar-refractivity contribution in [1.29, 1.82) is 0 Å². The number of rotatable bonds is 21. The van der Waals surface area contributed by atoms with Crippen molar-refractivity contribution in [2.24, 2.45) is 0 Å². The van der Waals surface area contributed by atoms with Gasteiger partial charge in [-0.05, 0) is 25.7 Å². The molecule has 0 aliphatic carbocycles. The lowest BCUT2D eigenvalue weighted by molar-refractivity contribution is 0.147. The Morgan fingerprint density at radius 1 is 0.571 bits per heavy atom. The number of hydrogen-bond donors (Lipinski definition) is 2. The van der Waals surface area contributed by atoms with E-state index in [0.29, 0.717) is 12.8 Å². The summed E-state index contributed by atoms with van der Waals surface area (Å²) in [6, 6.07) is 0. The molecule has 0 aliphatic rings. The van der Waals surface area contributed by atoms with Crippen molar-refractivity contribution < 1.29 is 18.1 Å². The lowest BCUT2D eigenvalue weighted by atomic mass is 10.0. The van der Waals surface area contributed by atoms with Gasteiger partial charge >= 0.3 is 0 Å². The summed E-state index contributed by atoms with van der Waals surface area (Å²) in [6.45, 7) is 4.33. The van der Waals surface area contributed by atoms with Gasteiger partial charge in [0.05, 0.1) is 11.4 Å². The zero-order chi connectivity index (χ0) is 21.1. The Kier molecular flexibility index (Phi) is 18.8. The van der Waals surface area contributed by atoms with Gasteiger partial charge in [0.2, 0.25) is 0 Å². The van der Waals surface area contributed by atoms with Crippen molar-refractivity contribution in [1.82, 2.24) is 0 Å². The van der Waals surface area contributed by atoms with Gasteiger partial charge in [-0.25, -0.2) is 0 Å². The Bertz CT molecular complexity index is 422. The molecule has 2 N–H and O–H groups in total. The predicted octanol–water partition coefficient (Wildman–Crippen LogP) is 7.06. The highest BCUT2D eigenvalue weighted by Gasteiger charge is 2.21. The molecule has 170 valence electrons. The quantitative estimate of drug-likeness (QED) is 0.154. The fourth-order valence-electron chi connectivity index (χ4n) is 3.83. The Morgan fingerprint density at radius 3 is 1.36 bits per heavy atom. The van der Waals surface area contributed by atoms with Gasteiger partial charge in [-0.1, -0.05) is 110 Å². The summed E-state index contributed by atoms with van der Waals surface area (Å²) >= 11 is 0. The van der Waals surface area contributed by atoms with Gasteiger partial charge < -0.3 is 5.11 Å². The summed E-state index contributed by atoms with van der Waals surface area (Å²) in [6.07, 6.45) is 19.9. The van der Waals surface area contributed by atoms with Crippen LogP contribution in [0, 0.1) is 0 Å². The first-order chi connectivity index (χ1) is 13.4. The zero-order valence-electron chi connectivity index (χ0n) is 18.7. The summed E-state index contributed by atoms with van der Waals surface area (Å²) in [5, 5.41) is 9.48. The second-order valence-corrected chi connectivity index (χ2v) is 10.2. The van der Waals surface area contributed by atoms with E-state index in [-0.39, 0.29) is 6.10 Å². The SMILES string of the molecule is CCCCCCCCCCCCC(O)CCCCC(CCCCC)S(=O)(=O)O. The molecule has 5 heteroatoms. The highest BCUT2D eigenvalue weighted by molar-refractivity contribution is 7.86. The molecule has 28 heavy (non-hydrogen) atoms. The second kappa shape index (κ2) is 18.9. The van der Waals surface area contributed by atoms with Crippen LogP contribution in [0.25, 0.3) is 0 Å². The van der Waals surface area contributed by atoms with Gasteiger partial charge in [0.25, 0.3) is 10.1 Å². The fourth-order valence-corrected chi connectivity index (χ4v) is 4.76. The van der Waals surface area contributed by atoms with E-state index < -0.39 is 15.4 Å². The molecule has 0 amide bonds. The molecule has 0 rings (SSSR count). The number of aliphatic hydroxyl groups is 1. The summed E-state index contributed by atoms with van der Waals surface area (Å²) in [4.78, 5) is 0. The molecule has 0 spiro atoms. The lowest BCUT2D eigenvalue weighted by Crippen LogP contribution is -2.20. The molecule has 4 nitrogen and oxygen atoms in total. The van der Waals surface area contributed by atoms with E-state index >= 15 is 0 Å². The third-order valence-electron chi connectivity index (χ3n) is 5.76. The highest BCUT2D eigenvalue weighted by Crippen LogP contribution is 2.19. The van der Waals surface area contributed by atoms with E-state index in [1.165, 1.54) is 57.8 Å². The average molecular weight is 421 g/mol. The van der Waals surface area contributed by atoms with E-state index in [9.17, 15) is 18.1 Å². The van der Waals surface area contributed by atoms with E-state index in [1.807, 2.05) is 0 Å². The van der Waals surface area contributed by atoms with Gasteiger partial charge in [-0.15, -0.1) is 0 Å². The van der Waals surface area contributed by atoms with Crippen LogP contribution in [-0.2, 0) is 10.1 Å². The molecule has 2 atom stereocenters. The Labute approximate surface area is 175 Å². The van der Waals surface area contributed by atoms with E-state index in [1.54, 1.807) is 0 Å². The van der Waals surface area contributed by atoms with Crippen LogP contribution in [0.1, 0.15) is 136 Å². The topological polar surface area (TPSA) is 74.6 Å². The van der Waals surface area contributed by atoms with Gasteiger partial charge in [-0.2, -0.15) is 8.42 Å². The zero-order valence-corrected chi connectivity index (χ0v) is 19.5. The molecule has 0 radical (unpaired) electrons. The summed E-state index contributed by atoms with van der Waals surface area (Å²) in [7, 11) is -3.94. The molecular weight excluding hydrogens is 372 g/mol. The van der Waals surface area contributed by atoms with Crippen LogP contribution in [0.2, 0.25) is 0 Å². The molecule has 2 unspecified atom stereocenters. The molecule has 0 aromatic heterocycles. The number of hydrogen-bond acceptors (Lipinski definition) is 3. The van der Waals surface area contributed by atoms with Gasteiger partial charge in [-0.3, -0.25) is 4.55 Å². The fraction of sp³-hybridized carbons (Fsp3) is 1.00. The summed E-state index contributed by atoms with van der Waals surface area (Å²) < 4.78 is 32.3. The Morgan fingerprint density at radius 2 is 0.893 bits per heavy atom. The predicted molar refractivity (Wildman–Crippen MR) is 120 cm³/mol. The molecule has 0 aliphatic heterocycles. The summed E-state index contributed by atoms with van der Waals surface area (Å²) in [5.74, 6) is 0. The largest absolute Gasteiger partial charge is 0.393 e. The van der Waals surface area contributed by atoms with E-state index in [4.69, 9.17) is 0 Å². The van der Waals surface area contributed by atoms with Crippen LogP contribution < -0.4 is 0 Å². The van der Waals surface area contributed by atoms with Crippen LogP contribution >= 0.6 is 0 Å². The van der Waals surface area contributed by atoms with Crippen molar-refractivity contribution >= 4 is 10.1 Å². The van der Waals surface area contributed by atoms with Gasteiger partial charge in [0, 0.05) is 0 Å². The Hall–Kier alpha value is -0.130. The molecule has 0 saturated heterocycles. The Balaban J connectivity index is 3.61. The summed E-state index contributed by atoms with van der Waals surface area (Å²) in [5.41, 5.74) is 0. The molecule has 0 saturated carbocycles. The van der Waals surface area contributed by atoms with Gasteiger partial charge in [0.1, 0.15) is 0 Å². The highest BCUT2D eigenvalue weighted by atomic mass is 32.2. The minimum atomic E-state index is -3.94. The molecule has 0 aromatic rings. The standard InChI is InChI=1S/C23H48O4S/c1-3-5-7-8-9-10-11-12-13-15-18-22(24)19-16-17-21-23(28(25,26)27)20-14-6-4-2/h22-24H,3-21H2,1-2H3,(H,25,26,27). The van der Waals surface area contributed by atoms with E-state index in [0.717, 1.165) is 51.4 Å². The van der Waals surface area contributed by atoms with E-state index in [2.05, 4.69) is 13.8 Å². The minimum Gasteiger partial charge on any atom is -0.393 e. The molecule has 0 heterocycles. The van der Waals surface area contributed by atoms with Crippen LogP contribution in [0.3, 0.4) is 0 Å². The number of unbranched alkanes of at least 4 members (excludes halogenated alkanes) is 12. The molecule has 0 aromatic carbocycles. The van der Waals surface area contributed by atoms with Crippen molar-refractivity contribution in [2.75, 3.05) is 0 Å². The number of aliphatic hydroxyl groups excluding tert-OH is 1. The van der Waals surface area contributed by atoms with Crippen LogP contribution in [0.4, 0.5) is 0 Å². The average Bonchev–Trinajstić information content (AvgIpc) is 2.64. The van der Waals surface area contributed by atoms with Crippen LogP contribution in [0.15, 0.2) is 0 Å². The molecule has 0 fully saturated rings. The normalized spacial score (nSPS) is 14.3. The molecular formula is C23H48O4S. The first-order valence-corrected chi connectivity index (χ1v) is 13.6. The smallest absolute Gasteiger partial charge is 0.267 e. The maximum atomic E-state index is 11.5. The van der Waals surface area contributed by atoms with Crippen molar-refractivity contribution in [2.45, 2.75) is 147 Å². The second-order valence-electron chi connectivity index (χ2n) is 8.54. The monoisotopic (exact) mass is 420 g/mol. The minimum absolute atomic E-state index is 0.265. The first kappa shape index (κ1) is 27.9. The lowest BCUT2D eigenvalue weighted by Gasteiger charge is -2.14. The van der Waals surface area contributed by atoms with Crippen molar-refractivity contribution in [3.8, 4) is 0 Å². The molecule has 0 bridgehead atoms. The van der Waals surface area contributed by atoms with Crippen molar-refractivity contribution in [3.05, 3.63) is 0 Å². The van der Waals surface area contributed by atoms with Crippen LogP contribution in [-0.4, -0.2) is 29.4 Å². The third kappa shape index (κ3) is 17.9. The van der Waals surface area contributed by atoms with Gasteiger partial charge in [0.15, 0.2) is 0 Å². The first-order valence-electron chi connectivity index (χ1n) is 12.1. The van der Waals surface area contributed by atoms with Crippen LogP contribution in [0.5, 0.6) is 0 Å². The maximum absolute atomic E-state index is 11.5.